The molecule has 0 N–H and O–H groups in total. The molecule has 1 aliphatic rings. The van der Waals surface area contributed by atoms with Crippen molar-refractivity contribution < 1.29 is 14.3 Å². The van der Waals surface area contributed by atoms with E-state index < -0.39 is 0 Å². The minimum Gasteiger partial charge on any atom is -0.497 e. The Labute approximate surface area is 155 Å². The SMILES string of the molecule is COc1ccc2sc(N(CC3CCCO3)C(=O)c3ccnn3C)nc2c1. The van der Waals surface area contributed by atoms with E-state index in [-0.39, 0.29) is 12.0 Å². The van der Waals surface area contributed by atoms with E-state index in [1.807, 2.05) is 18.2 Å². The Balaban J connectivity index is 1.71. The second kappa shape index (κ2) is 7.05. The van der Waals surface area contributed by atoms with Crippen molar-refractivity contribution in [3.8, 4) is 5.75 Å². The third-order valence-corrected chi connectivity index (χ3v) is 5.57. The van der Waals surface area contributed by atoms with Crippen LogP contribution in [0.15, 0.2) is 30.5 Å². The lowest BCUT2D eigenvalue weighted by atomic mass is 10.2. The number of methoxy groups -OCH3 is 1. The second-order valence-corrected chi connectivity index (χ2v) is 7.23. The van der Waals surface area contributed by atoms with Crippen LogP contribution in [0, 0.1) is 0 Å². The standard InChI is InChI=1S/C18H20N4O3S/c1-21-15(7-8-19-21)17(23)22(11-13-4-3-9-25-13)18-20-14-10-12(24-2)5-6-16(14)26-18/h5-8,10,13H,3-4,9,11H2,1-2H3. The normalized spacial score (nSPS) is 16.9. The van der Waals surface area contributed by atoms with E-state index in [4.69, 9.17) is 9.47 Å². The molecule has 1 atom stereocenters. The third-order valence-electron chi connectivity index (χ3n) is 4.51. The Morgan fingerprint density at radius 2 is 2.35 bits per heavy atom. The van der Waals surface area contributed by atoms with Crippen LogP contribution in [-0.4, -0.2) is 47.0 Å². The van der Waals surface area contributed by atoms with Gasteiger partial charge in [0, 0.05) is 25.9 Å². The summed E-state index contributed by atoms with van der Waals surface area (Å²) < 4.78 is 13.6. The van der Waals surface area contributed by atoms with Crippen LogP contribution in [-0.2, 0) is 11.8 Å². The average Bonchev–Trinajstić information content (AvgIpc) is 3.38. The number of ether oxygens (including phenoxy) is 2. The topological polar surface area (TPSA) is 69.5 Å². The molecule has 26 heavy (non-hydrogen) atoms. The number of aromatic nitrogens is 3. The van der Waals surface area contributed by atoms with E-state index in [0.717, 1.165) is 35.4 Å². The van der Waals surface area contributed by atoms with Crippen LogP contribution in [0.25, 0.3) is 10.2 Å². The molecule has 0 bridgehead atoms. The highest BCUT2D eigenvalue weighted by molar-refractivity contribution is 7.22. The van der Waals surface area contributed by atoms with Crippen LogP contribution in [0.3, 0.4) is 0 Å². The fourth-order valence-electron chi connectivity index (χ4n) is 3.10. The molecule has 1 aliphatic heterocycles. The number of anilines is 1. The zero-order valence-corrected chi connectivity index (χ0v) is 15.5. The maximum atomic E-state index is 13.2. The van der Waals surface area contributed by atoms with Crippen molar-refractivity contribution in [1.82, 2.24) is 14.8 Å². The minimum absolute atomic E-state index is 0.0359. The summed E-state index contributed by atoms with van der Waals surface area (Å²) in [5.41, 5.74) is 1.35. The van der Waals surface area contributed by atoms with Gasteiger partial charge in [-0.3, -0.25) is 14.4 Å². The molecule has 1 amide bonds. The highest BCUT2D eigenvalue weighted by Gasteiger charge is 2.28. The molecule has 1 aromatic carbocycles. The number of rotatable bonds is 5. The zero-order chi connectivity index (χ0) is 18.1. The summed E-state index contributed by atoms with van der Waals surface area (Å²) in [6.45, 7) is 1.23. The van der Waals surface area contributed by atoms with Gasteiger partial charge in [-0.1, -0.05) is 11.3 Å². The first-order valence-electron chi connectivity index (χ1n) is 8.52. The number of hydrogen-bond donors (Lipinski definition) is 0. The quantitative estimate of drug-likeness (QED) is 0.689. The molecular weight excluding hydrogens is 352 g/mol. The number of nitrogens with zero attached hydrogens (tertiary/aromatic N) is 4. The maximum Gasteiger partial charge on any atom is 0.278 e. The van der Waals surface area contributed by atoms with Gasteiger partial charge < -0.3 is 9.47 Å². The van der Waals surface area contributed by atoms with Gasteiger partial charge in [0.15, 0.2) is 5.13 Å². The van der Waals surface area contributed by atoms with E-state index in [9.17, 15) is 4.79 Å². The van der Waals surface area contributed by atoms with Crippen LogP contribution < -0.4 is 9.64 Å². The maximum absolute atomic E-state index is 13.2. The average molecular weight is 372 g/mol. The largest absolute Gasteiger partial charge is 0.497 e. The Kier molecular flexibility index (Phi) is 4.60. The van der Waals surface area contributed by atoms with Gasteiger partial charge in [0.05, 0.1) is 30.0 Å². The number of thiazole rings is 1. The van der Waals surface area contributed by atoms with Crippen molar-refractivity contribution >= 4 is 32.6 Å². The molecular formula is C18H20N4O3S. The Morgan fingerprint density at radius 3 is 3.04 bits per heavy atom. The molecule has 1 saturated heterocycles. The fourth-order valence-corrected chi connectivity index (χ4v) is 4.05. The highest BCUT2D eigenvalue weighted by atomic mass is 32.1. The van der Waals surface area contributed by atoms with Gasteiger partial charge in [0.25, 0.3) is 5.91 Å². The van der Waals surface area contributed by atoms with Crippen LogP contribution in [0.5, 0.6) is 5.75 Å². The van der Waals surface area contributed by atoms with Crippen molar-refractivity contribution in [2.75, 3.05) is 25.2 Å². The summed E-state index contributed by atoms with van der Waals surface area (Å²) in [5.74, 6) is 0.629. The lowest BCUT2D eigenvalue weighted by Gasteiger charge is -2.22. The molecule has 2 aromatic heterocycles. The predicted octanol–water partition coefficient (Wildman–Crippen LogP) is 2.86. The van der Waals surface area contributed by atoms with E-state index in [2.05, 4.69) is 10.1 Å². The number of amides is 1. The van der Waals surface area contributed by atoms with Gasteiger partial charge in [-0.15, -0.1) is 0 Å². The third kappa shape index (κ3) is 3.17. The first-order valence-corrected chi connectivity index (χ1v) is 9.33. The van der Waals surface area contributed by atoms with Crippen molar-refractivity contribution in [3.63, 3.8) is 0 Å². The van der Waals surface area contributed by atoms with E-state index in [0.29, 0.717) is 17.4 Å². The predicted molar refractivity (Wildman–Crippen MR) is 100 cm³/mol. The number of carbonyl (C=O) groups is 1. The smallest absolute Gasteiger partial charge is 0.278 e. The minimum atomic E-state index is -0.119. The number of carbonyl (C=O) groups excluding carboxylic acids is 1. The summed E-state index contributed by atoms with van der Waals surface area (Å²) in [4.78, 5) is 19.6. The van der Waals surface area contributed by atoms with Crippen molar-refractivity contribution in [2.24, 2.45) is 7.05 Å². The molecule has 7 nitrogen and oxygen atoms in total. The number of hydrogen-bond acceptors (Lipinski definition) is 6. The van der Waals surface area contributed by atoms with Gasteiger partial charge in [-0.2, -0.15) is 5.10 Å². The van der Waals surface area contributed by atoms with Crippen molar-refractivity contribution in [1.29, 1.82) is 0 Å². The molecule has 8 heteroatoms. The highest BCUT2D eigenvalue weighted by Crippen LogP contribution is 2.32. The lowest BCUT2D eigenvalue weighted by molar-refractivity contribution is 0.0910. The Hall–Kier alpha value is -2.45. The van der Waals surface area contributed by atoms with E-state index in [1.165, 1.54) is 11.3 Å². The van der Waals surface area contributed by atoms with Gasteiger partial charge >= 0.3 is 0 Å². The van der Waals surface area contributed by atoms with Crippen LogP contribution in [0.2, 0.25) is 0 Å². The zero-order valence-electron chi connectivity index (χ0n) is 14.7. The monoisotopic (exact) mass is 372 g/mol. The molecule has 3 heterocycles. The summed E-state index contributed by atoms with van der Waals surface area (Å²) in [5, 5.41) is 4.78. The van der Waals surface area contributed by atoms with Crippen LogP contribution >= 0.6 is 11.3 Å². The van der Waals surface area contributed by atoms with Crippen LogP contribution in [0.4, 0.5) is 5.13 Å². The summed E-state index contributed by atoms with van der Waals surface area (Å²) in [6.07, 6.45) is 3.64. The van der Waals surface area contributed by atoms with Crippen LogP contribution in [0.1, 0.15) is 23.3 Å². The molecule has 3 aromatic rings. The van der Waals surface area contributed by atoms with Gasteiger partial charge in [0.1, 0.15) is 11.4 Å². The molecule has 1 fully saturated rings. The first kappa shape index (κ1) is 17.0. The summed E-state index contributed by atoms with van der Waals surface area (Å²) in [7, 11) is 3.39. The molecule has 0 aliphatic carbocycles. The van der Waals surface area contributed by atoms with Gasteiger partial charge in [-0.05, 0) is 31.0 Å². The van der Waals surface area contributed by atoms with Crippen molar-refractivity contribution in [3.05, 3.63) is 36.2 Å². The van der Waals surface area contributed by atoms with Crippen molar-refractivity contribution in [2.45, 2.75) is 18.9 Å². The molecule has 1 unspecified atom stereocenters. The molecule has 0 spiro atoms. The summed E-state index contributed by atoms with van der Waals surface area (Å²) >= 11 is 1.49. The second-order valence-electron chi connectivity index (χ2n) is 6.22. The first-order chi connectivity index (χ1) is 12.7. The van der Waals surface area contributed by atoms with Gasteiger partial charge in [-0.25, -0.2) is 4.98 Å². The Bertz CT molecular complexity index is 930. The van der Waals surface area contributed by atoms with Gasteiger partial charge in [0.2, 0.25) is 0 Å². The number of aryl methyl sites for hydroxylation is 1. The molecule has 136 valence electrons. The Morgan fingerprint density at radius 1 is 1.46 bits per heavy atom. The van der Waals surface area contributed by atoms with E-state index >= 15 is 0 Å². The molecule has 0 saturated carbocycles. The molecule has 0 radical (unpaired) electrons. The number of benzene rings is 1. The lowest BCUT2D eigenvalue weighted by Crippen LogP contribution is -2.38. The fraction of sp³-hybridized carbons (Fsp3) is 0.389. The van der Waals surface area contributed by atoms with E-state index in [1.54, 1.807) is 36.0 Å². The number of fused-ring (bicyclic) bond motifs is 1. The molecule has 4 rings (SSSR count). The summed E-state index contributed by atoms with van der Waals surface area (Å²) in [6, 6.07) is 7.47.